The van der Waals surface area contributed by atoms with Crippen molar-refractivity contribution in [1.82, 2.24) is 9.88 Å². The first-order valence-electron chi connectivity index (χ1n) is 12.6. The lowest BCUT2D eigenvalue weighted by atomic mass is 9.76. The minimum Gasteiger partial charge on any atom is -0.504 e. The Balaban J connectivity index is 1.42. The maximum atomic E-state index is 14.2. The van der Waals surface area contributed by atoms with Crippen molar-refractivity contribution in [1.29, 1.82) is 0 Å². The van der Waals surface area contributed by atoms with Crippen LogP contribution in [0.2, 0.25) is 5.02 Å². The third-order valence-electron chi connectivity index (χ3n) is 7.16. The summed E-state index contributed by atoms with van der Waals surface area (Å²) in [4.78, 5) is 11.2. The molecule has 0 spiro atoms. The topological polar surface area (TPSA) is 90.2 Å². The molecule has 3 unspecified atom stereocenters. The van der Waals surface area contributed by atoms with E-state index >= 15 is 0 Å². The average molecular weight is 527 g/mol. The molecule has 1 saturated carbocycles. The van der Waals surface area contributed by atoms with Gasteiger partial charge in [0.15, 0.2) is 11.6 Å². The van der Waals surface area contributed by atoms with E-state index in [-0.39, 0.29) is 22.9 Å². The Morgan fingerprint density at radius 3 is 2.73 bits per heavy atom. The Morgan fingerprint density at radius 2 is 2.05 bits per heavy atom. The fourth-order valence-corrected chi connectivity index (χ4v) is 5.09. The molecule has 1 aromatic carbocycles. The number of hydrogen-bond acceptors (Lipinski definition) is 7. The van der Waals surface area contributed by atoms with Crippen LogP contribution in [0.15, 0.2) is 53.3 Å². The van der Waals surface area contributed by atoms with E-state index in [0.717, 1.165) is 41.9 Å². The highest BCUT2D eigenvalue weighted by molar-refractivity contribution is 6.32. The zero-order chi connectivity index (χ0) is 26.1. The molecule has 1 fully saturated rings. The van der Waals surface area contributed by atoms with E-state index in [2.05, 4.69) is 16.4 Å². The zero-order valence-corrected chi connectivity index (χ0v) is 21.7. The lowest BCUT2D eigenvalue weighted by molar-refractivity contribution is 0.179. The molecule has 9 heteroatoms. The smallest absolute Gasteiger partial charge is 0.213 e. The molecule has 0 radical (unpaired) electrons. The number of aromatic hydroxyl groups is 1. The fraction of sp³-hybridized carbons (Fsp3) is 0.429. The summed E-state index contributed by atoms with van der Waals surface area (Å²) in [6.07, 6.45) is 8.43. The molecule has 2 heterocycles. The number of allylic oxidation sites excluding steroid dienone is 1. The highest BCUT2D eigenvalue weighted by Gasteiger charge is 2.41. The van der Waals surface area contributed by atoms with Gasteiger partial charge < -0.3 is 25.2 Å². The van der Waals surface area contributed by atoms with Gasteiger partial charge in [-0.1, -0.05) is 17.7 Å². The van der Waals surface area contributed by atoms with E-state index in [1.54, 1.807) is 12.3 Å². The van der Waals surface area contributed by atoms with E-state index in [4.69, 9.17) is 21.3 Å². The second-order valence-electron chi connectivity index (χ2n) is 10.2. The largest absolute Gasteiger partial charge is 0.504 e. The van der Waals surface area contributed by atoms with Gasteiger partial charge in [0, 0.05) is 30.4 Å². The minimum atomic E-state index is -0.745. The first-order valence-corrected chi connectivity index (χ1v) is 13.0. The van der Waals surface area contributed by atoms with Crippen molar-refractivity contribution in [2.24, 2.45) is 16.8 Å². The SMILES string of the molecule is CN(C)CCOc1ccc(NC2C(C(O)C3CC3)=CN=C3CCC(c4cc(F)c(O)c(Cl)c4)=CC32)cn1. The summed E-state index contributed by atoms with van der Waals surface area (Å²) in [6.45, 7) is 1.35. The van der Waals surface area contributed by atoms with Crippen LogP contribution < -0.4 is 10.1 Å². The van der Waals surface area contributed by atoms with Crippen LogP contribution in [0, 0.1) is 17.7 Å². The standard InChI is InChI=1S/C28H32ClFN4O3/c1-34(2)9-10-37-25-8-6-19(14-32-25)33-26-20-11-17(18-12-22(29)28(36)23(30)13-18)5-7-24(20)31-15-21(26)27(35)16-3-4-16/h6,8,11-16,20,26-27,33,35-36H,3-5,7,9-10H2,1-2H3. The van der Waals surface area contributed by atoms with E-state index in [9.17, 15) is 14.6 Å². The van der Waals surface area contributed by atoms with Crippen LogP contribution in [0.3, 0.4) is 0 Å². The van der Waals surface area contributed by atoms with Crippen molar-refractivity contribution in [3.8, 4) is 11.6 Å². The van der Waals surface area contributed by atoms with E-state index in [1.165, 1.54) is 6.07 Å². The Hall–Kier alpha value is -2.94. The second kappa shape index (κ2) is 10.8. The molecule has 3 aliphatic rings. The molecular formula is C28H32ClFN4O3. The summed E-state index contributed by atoms with van der Waals surface area (Å²) in [5.74, 6) is -0.623. The summed E-state index contributed by atoms with van der Waals surface area (Å²) >= 11 is 6.06. The molecule has 0 amide bonds. The molecule has 0 saturated heterocycles. The predicted molar refractivity (Wildman–Crippen MR) is 144 cm³/mol. The number of rotatable bonds is 9. The summed E-state index contributed by atoms with van der Waals surface area (Å²) < 4.78 is 20.0. The third kappa shape index (κ3) is 5.81. The number of aliphatic hydroxyl groups is 1. The van der Waals surface area contributed by atoms with Gasteiger partial charge in [-0.3, -0.25) is 4.99 Å². The molecule has 1 aliphatic heterocycles. The number of ether oxygens (including phenoxy) is 1. The highest BCUT2D eigenvalue weighted by Crippen LogP contribution is 2.42. The van der Waals surface area contributed by atoms with Crippen LogP contribution in [-0.2, 0) is 0 Å². The summed E-state index contributed by atoms with van der Waals surface area (Å²) in [7, 11) is 3.98. The maximum absolute atomic E-state index is 14.2. The molecule has 2 aromatic rings. The van der Waals surface area contributed by atoms with Gasteiger partial charge in [-0.15, -0.1) is 0 Å². The van der Waals surface area contributed by atoms with Crippen LogP contribution in [0.25, 0.3) is 5.57 Å². The van der Waals surface area contributed by atoms with Gasteiger partial charge in [-0.25, -0.2) is 9.37 Å². The fourth-order valence-electron chi connectivity index (χ4n) is 4.88. The molecule has 0 bridgehead atoms. The summed E-state index contributed by atoms with van der Waals surface area (Å²) in [6, 6.07) is 6.42. The van der Waals surface area contributed by atoms with Gasteiger partial charge in [0.05, 0.1) is 29.1 Å². The van der Waals surface area contributed by atoms with Crippen LogP contribution in [0.4, 0.5) is 10.1 Å². The number of fused-ring (bicyclic) bond motifs is 1. The number of benzene rings is 1. The first-order chi connectivity index (χ1) is 17.8. The number of aliphatic imine (C=N–C) groups is 1. The van der Waals surface area contributed by atoms with E-state index in [1.807, 2.05) is 37.3 Å². The number of anilines is 1. The number of nitrogens with zero attached hydrogens (tertiary/aromatic N) is 3. The zero-order valence-electron chi connectivity index (χ0n) is 21.0. The number of halogens is 2. The second-order valence-corrected chi connectivity index (χ2v) is 10.6. The predicted octanol–water partition coefficient (Wildman–Crippen LogP) is 4.90. The van der Waals surface area contributed by atoms with Crippen LogP contribution in [0.1, 0.15) is 31.2 Å². The van der Waals surface area contributed by atoms with Crippen molar-refractivity contribution in [3.63, 3.8) is 0 Å². The molecule has 5 rings (SSSR count). The average Bonchev–Trinajstić information content (AvgIpc) is 3.73. The Kier molecular flexibility index (Phi) is 7.51. The number of aliphatic hydroxyl groups excluding tert-OH is 1. The lowest BCUT2D eigenvalue weighted by Crippen LogP contribution is -2.42. The van der Waals surface area contributed by atoms with Crippen molar-refractivity contribution >= 4 is 28.6 Å². The first kappa shape index (κ1) is 25.7. The number of likely N-dealkylation sites (N-methyl/N-ethyl adjacent to an activating group) is 1. The molecular weight excluding hydrogens is 495 g/mol. The lowest BCUT2D eigenvalue weighted by Gasteiger charge is -2.37. The number of aromatic nitrogens is 1. The normalized spacial score (nSPS) is 22.1. The van der Waals surface area contributed by atoms with Crippen molar-refractivity contribution < 1.29 is 19.3 Å². The van der Waals surface area contributed by atoms with E-state index < -0.39 is 17.7 Å². The minimum absolute atomic E-state index is 0.0163. The molecule has 3 N–H and O–H groups in total. The van der Waals surface area contributed by atoms with Gasteiger partial charge in [0.1, 0.15) is 6.61 Å². The van der Waals surface area contributed by atoms with Crippen molar-refractivity contribution in [2.45, 2.75) is 37.8 Å². The van der Waals surface area contributed by atoms with Crippen LogP contribution >= 0.6 is 11.6 Å². The Bertz CT molecular complexity index is 1220. The maximum Gasteiger partial charge on any atom is 0.213 e. The number of nitrogens with one attached hydrogen (secondary N) is 1. The monoisotopic (exact) mass is 526 g/mol. The number of phenolic OH excluding ortho intramolecular Hbond substituents is 1. The van der Waals surface area contributed by atoms with Crippen LogP contribution in [-0.4, -0.2) is 65.2 Å². The number of hydrogen-bond donors (Lipinski definition) is 3. The van der Waals surface area contributed by atoms with E-state index in [0.29, 0.717) is 30.9 Å². The van der Waals surface area contributed by atoms with Gasteiger partial charge in [0.25, 0.3) is 0 Å². The summed E-state index contributed by atoms with van der Waals surface area (Å²) in [5.41, 5.74) is 4.23. The number of pyridine rings is 1. The van der Waals surface area contributed by atoms with Gasteiger partial charge >= 0.3 is 0 Å². The Labute approximate surface area is 221 Å². The van der Waals surface area contributed by atoms with Crippen molar-refractivity contribution in [2.75, 3.05) is 32.6 Å². The third-order valence-corrected chi connectivity index (χ3v) is 7.45. The van der Waals surface area contributed by atoms with Gasteiger partial charge in [0.2, 0.25) is 5.88 Å². The molecule has 1 aromatic heterocycles. The molecule has 196 valence electrons. The molecule has 2 aliphatic carbocycles. The summed E-state index contributed by atoms with van der Waals surface area (Å²) in [5, 5.41) is 24.4. The molecule has 37 heavy (non-hydrogen) atoms. The van der Waals surface area contributed by atoms with Gasteiger partial charge in [-0.2, -0.15) is 0 Å². The highest BCUT2D eigenvalue weighted by atomic mass is 35.5. The van der Waals surface area contributed by atoms with Gasteiger partial charge in [-0.05, 0) is 80.6 Å². The van der Waals surface area contributed by atoms with Crippen molar-refractivity contribution in [3.05, 3.63) is 64.7 Å². The quantitative estimate of drug-likeness (QED) is 0.430. The molecule has 7 nitrogen and oxygen atoms in total. The Morgan fingerprint density at radius 1 is 1.24 bits per heavy atom. The number of phenols is 1. The van der Waals surface area contributed by atoms with Crippen LogP contribution in [0.5, 0.6) is 11.6 Å². The molecule has 3 atom stereocenters.